The smallest absolute Gasteiger partial charge is 0.433 e. The molecule has 1 aromatic carbocycles. The molecule has 0 aliphatic rings. The van der Waals surface area contributed by atoms with Crippen LogP contribution in [0.1, 0.15) is 50.6 Å². The number of ether oxygens (including phenoxy) is 1. The van der Waals surface area contributed by atoms with Crippen LogP contribution in [0.2, 0.25) is 0 Å². The maximum atomic E-state index is 12.8. The molecule has 0 saturated carbocycles. The van der Waals surface area contributed by atoms with Crippen LogP contribution >= 0.6 is 22.6 Å². The third kappa shape index (κ3) is 8.95. The quantitative estimate of drug-likeness (QED) is 0.124. The zero-order valence-electron chi connectivity index (χ0n) is 21.5. The van der Waals surface area contributed by atoms with Crippen molar-refractivity contribution in [3.05, 3.63) is 83.2 Å². The monoisotopic (exact) mass is 683 g/mol. The number of hydrogen-bond acceptors (Lipinski definition) is 8. The summed E-state index contributed by atoms with van der Waals surface area (Å²) in [7, 11) is 0. The van der Waals surface area contributed by atoms with Gasteiger partial charge in [-0.3, -0.25) is 23.9 Å². The molecule has 16 heteroatoms. The summed E-state index contributed by atoms with van der Waals surface area (Å²) in [5.41, 5.74) is 0.383. The van der Waals surface area contributed by atoms with E-state index in [0.29, 0.717) is 37.1 Å². The lowest BCUT2D eigenvalue weighted by atomic mass is 10.2. The minimum atomic E-state index is -4.56. The molecule has 2 N–H and O–H groups in total. The number of halogens is 4. The molecule has 0 bridgehead atoms. The summed E-state index contributed by atoms with van der Waals surface area (Å²) in [5.74, 6) is -0.166. The second kappa shape index (κ2) is 14.0. The first-order valence-electron chi connectivity index (χ1n) is 12.4. The number of carbonyl (C=O) groups excluding carboxylic acids is 2. The Labute approximate surface area is 245 Å². The first-order valence-corrected chi connectivity index (χ1v) is 13.9. The summed E-state index contributed by atoms with van der Waals surface area (Å²) >= 11 is 2.11. The highest BCUT2D eigenvalue weighted by Crippen LogP contribution is 2.27. The predicted molar refractivity (Wildman–Crippen MR) is 147 cm³/mol. The van der Waals surface area contributed by atoms with Crippen molar-refractivity contribution in [1.82, 2.24) is 45.6 Å². The number of pyridine rings is 1. The fourth-order valence-electron chi connectivity index (χ4n) is 3.66. The SMILES string of the molecule is O=C(NCc1cccc(OCI)c1)c1cn(CCCCn2cc(C(=O)NCc3ccnc(C(F)(F)F)c3)nn2)nn1. The molecular weight excluding hydrogens is 658 g/mol. The van der Waals surface area contributed by atoms with Gasteiger partial charge in [-0.15, -0.1) is 10.2 Å². The number of nitrogens with zero attached hydrogens (tertiary/aromatic N) is 7. The largest absolute Gasteiger partial charge is 0.483 e. The highest BCUT2D eigenvalue weighted by atomic mass is 127. The van der Waals surface area contributed by atoms with Crippen LogP contribution in [0.5, 0.6) is 5.75 Å². The summed E-state index contributed by atoms with van der Waals surface area (Å²) in [6.07, 6.45) is 0.886. The molecule has 4 rings (SSSR count). The Bertz CT molecular complexity index is 1480. The van der Waals surface area contributed by atoms with Gasteiger partial charge in [-0.1, -0.05) is 22.6 Å². The maximum absolute atomic E-state index is 12.8. The zero-order valence-corrected chi connectivity index (χ0v) is 23.7. The van der Waals surface area contributed by atoms with E-state index in [2.05, 4.69) is 58.8 Å². The molecule has 0 fully saturated rings. The number of amides is 2. The van der Waals surface area contributed by atoms with Gasteiger partial charge in [0.2, 0.25) is 0 Å². The van der Waals surface area contributed by atoms with Crippen LogP contribution in [-0.2, 0) is 32.4 Å². The Morgan fingerprint density at radius 1 is 0.878 bits per heavy atom. The Balaban J connectivity index is 1.17. The molecule has 3 heterocycles. The molecule has 12 nitrogen and oxygen atoms in total. The van der Waals surface area contributed by atoms with Crippen molar-refractivity contribution in [2.75, 3.05) is 4.61 Å². The van der Waals surface area contributed by atoms with E-state index >= 15 is 0 Å². The molecule has 0 aliphatic carbocycles. The van der Waals surface area contributed by atoms with Crippen LogP contribution < -0.4 is 15.4 Å². The number of hydrogen-bond donors (Lipinski definition) is 2. The van der Waals surface area contributed by atoms with E-state index in [9.17, 15) is 22.8 Å². The lowest BCUT2D eigenvalue weighted by molar-refractivity contribution is -0.141. The van der Waals surface area contributed by atoms with Crippen LogP contribution in [0.15, 0.2) is 55.0 Å². The molecule has 0 radical (unpaired) electrons. The van der Waals surface area contributed by atoms with E-state index in [-0.39, 0.29) is 29.4 Å². The average molecular weight is 683 g/mol. The van der Waals surface area contributed by atoms with Crippen molar-refractivity contribution in [2.45, 2.75) is 45.2 Å². The standard InChI is InChI=1S/C25H25F3IN9O3/c26-25(27,28)22-11-18(6-7-30-22)13-32-24(40)21-15-38(36-34-21)9-2-1-8-37-14-20(33-35-37)23(39)31-12-17-4-3-5-19(10-17)41-16-29/h3-7,10-11,14-15H,1-2,8-9,12-13,16H2,(H,31,39)(H,32,40). The normalized spacial score (nSPS) is 11.3. The number of benzene rings is 1. The van der Waals surface area contributed by atoms with Crippen molar-refractivity contribution < 1.29 is 27.5 Å². The Morgan fingerprint density at radius 2 is 1.46 bits per heavy atom. The molecule has 0 aliphatic heterocycles. The summed E-state index contributed by atoms with van der Waals surface area (Å²) in [6.45, 7) is 1.20. The summed E-state index contributed by atoms with van der Waals surface area (Å²) in [5, 5.41) is 21.0. The third-order valence-corrected chi connectivity index (χ3v) is 6.02. The summed E-state index contributed by atoms with van der Waals surface area (Å²) in [6, 6.07) is 9.72. The number of alkyl halides is 4. The Kier molecular flexibility index (Phi) is 10.2. The van der Waals surface area contributed by atoms with E-state index < -0.39 is 17.8 Å². The van der Waals surface area contributed by atoms with E-state index in [1.165, 1.54) is 16.9 Å². The zero-order chi connectivity index (χ0) is 29.2. The number of aromatic nitrogens is 7. The Hall–Kier alpha value is -4.09. The second-order valence-electron chi connectivity index (χ2n) is 8.75. The summed E-state index contributed by atoms with van der Waals surface area (Å²) < 4.78 is 47.5. The Morgan fingerprint density at radius 3 is 2.02 bits per heavy atom. The summed E-state index contributed by atoms with van der Waals surface area (Å²) in [4.78, 5) is 28.1. The lowest BCUT2D eigenvalue weighted by Gasteiger charge is -2.08. The minimum Gasteiger partial charge on any atom is -0.483 e. The molecule has 216 valence electrons. The van der Waals surface area contributed by atoms with Gasteiger partial charge in [0.05, 0.1) is 12.4 Å². The van der Waals surface area contributed by atoms with E-state index in [1.807, 2.05) is 24.3 Å². The van der Waals surface area contributed by atoms with Crippen molar-refractivity contribution in [1.29, 1.82) is 0 Å². The number of unbranched alkanes of at least 4 members (excludes halogenated alkanes) is 1. The first-order chi connectivity index (χ1) is 19.7. The molecule has 3 aromatic heterocycles. The third-order valence-electron chi connectivity index (χ3n) is 5.71. The topological polar surface area (TPSA) is 142 Å². The van der Waals surface area contributed by atoms with Crippen LogP contribution in [-0.4, -0.2) is 51.4 Å². The van der Waals surface area contributed by atoms with Crippen LogP contribution in [0, 0.1) is 0 Å². The fraction of sp³-hybridized carbons (Fsp3) is 0.320. The first kappa shape index (κ1) is 29.9. The van der Waals surface area contributed by atoms with Gasteiger partial charge in [0, 0.05) is 32.4 Å². The van der Waals surface area contributed by atoms with Crippen LogP contribution in [0.4, 0.5) is 13.2 Å². The molecule has 0 saturated heterocycles. The van der Waals surface area contributed by atoms with Gasteiger partial charge < -0.3 is 15.4 Å². The molecule has 41 heavy (non-hydrogen) atoms. The fourth-order valence-corrected chi connectivity index (χ4v) is 4.02. The molecule has 4 aromatic rings. The molecule has 0 unspecified atom stereocenters. The highest BCUT2D eigenvalue weighted by molar-refractivity contribution is 14.1. The molecule has 0 atom stereocenters. The van der Waals surface area contributed by atoms with E-state index in [0.717, 1.165) is 23.6 Å². The van der Waals surface area contributed by atoms with Gasteiger partial charge in [0.15, 0.2) is 11.4 Å². The van der Waals surface area contributed by atoms with Crippen LogP contribution in [0.25, 0.3) is 0 Å². The lowest BCUT2D eigenvalue weighted by Crippen LogP contribution is -2.23. The maximum Gasteiger partial charge on any atom is 0.433 e. The van der Waals surface area contributed by atoms with Crippen molar-refractivity contribution in [3.8, 4) is 5.75 Å². The van der Waals surface area contributed by atoms with Crippen LogP contribution in [0.3, 0.4) is 0 Å². The van der Waals surface area contributed by atoms with Crippen molar-refractivity contribution in [2.24, 2.45) is 0 Å². The highest BCUT2D eigenvalue weighted by Gasteiger charge is 2.32. The van der Waals surface area contributed by atoms with Gasteiger partial charge >= 0.3 is 6.18 Å². The van der Waals surface area contributed by atoms with Gasteiger partial charge in [0.1, 0.15) is 16.1 Å². The van der Waals surface area contributed by atoms with E-state index in [4.69, 9.17) is 4.74 Å². The molecule has 2 amide bonds. The second-order valence-corrected chi connectivity index (χ2v) is 9.38. The molecule has 0 spiro atoms. The van der Waals surface area contributed by atoms with Gasteiger partial charge in [0.25, 0.3) is 11.8 Å². The molecular formula is C25H25F3IN9O3. The average Bonchev–Trinajstić information content (AvgIpc) is 3.63. The minimum absolute atomic E-state index is 0.0475. The number of carbonyl (C=O) groups is 2. The van der Waals surface area contributed by atoms with Gasteiger partial charge in [-0.05, 0) is 70.8 Å². The number of aryl methyl sites for hydroxylation is 2. The van der Waals surface area contributed by atoms with Crippen molar-refractivity contribution >= 4 is 34.4 Å². The number of rotatable bonds is 13. The number of nitrogens with one attached hydrogen (secondary N) is 2. The van der Waals surface area contributed by atoms with E-state index in [1.54, 1.807) is 10.9 Å². The predicted octanol–water partition coefficient (Wildman–Crippen LogP) is 3.40. The van der Waals surface area contributed by atoms with Gasteiger partial charge in [-0.25, -0.2) is 0 Å². The van der Waals surface area contributed by atoms with Gasteiger partial charge in [-0.2, -0.15) is 13.2 Å². The van der Waals surface area contributed by atoms with Crippen molar-refractivity contribution in [3.63, 3.8) is 0 Å².